The highest BCUT2D eigenvalue weighted by Crippen LogP contribution is 2.20. The highest BCUT2D eigenvalue weighted by atomic mass is 16.6. The maximum absolute atomic E-state index is 11.9. The number of nitrogens with two attached hydrogens (primary N) is 1. The minimum Gasteiger partial charge on any atom is -0.444 e. The lowest BCUT2D eigenvalue weighted by molar-refractivity contribution is 0.0505. The number of nitrogens with one attached hydrogen (secondary N) is 1. The number of alkyl carbamates (subject to hydrolysis) is 1. The molecule has 2 rings (SSSR count). The Labute approximate surface area is 125 Å². The van der Waals surface area contributed by atoms with Crippen LogP contribution in [-0.2, 0) is 4.74 Å². The van der Waals surface area contributed by atoms with Gasteiger partial charge in [0, 0.05) is 6.54 Å². The summed E-state index contributed by atoms with van der Waals surface area (Å²) < 4.78 is 5.27. The molecule has 0 unspecified atom stereocenters. The largest absolute Gasteiger partial charge is 0.444 e. The third-order valence-corrected chi connectivity index (χ3v) is 3.10. The molecule has 1 atom stereocenters. The van der Waals surface area contributed by atoms with E-state index in [0.29, 0.717) is 6.54 Å². The molecule has 0 aliphatic heterocycles. The average molecular weight is 286 g/mol. The lowest BCUT2D eigenvalue weighted by Crippen LogP contribution is -2.37. The van der Waals surface area contributed by atoms with E-state index in [-0.39, 0.29) is 6.04 Å². The molecule has 2 aromatic rings. The van der Waals surface area contributed by atoms with E-state index in [4.69, 9.17) is 10.5 Å². The van der Waals surface area contributed by atoms with Crippen LogP contribution in [0, 0.1) is 0 Å². The van der Waals surface area contributed by atoms with E-state index in [1.807, 2.05) is 57.2 Å². The normalized spacial score (nSPS) is 13.0. The molecule has 1 amide bonds. The number of hydrogen-bond donors (Lipinski definition) is 2. The zero-order valence-electron chi connectivity index (χ0n) is 12.7. The number of carbonyl (C=O) groups is 1. The van der Waals surface area contributed by atoms with Crippen LogP contribution in [0.2, 0.25) is 0 Å². The molecule has 0 aliphatic carbocycles. The lowest BCUT2D eigenvalue weighted by atomic mass is 10.0. The molecule has 3 N–H and O–H groups in total. The van der Waals surface area contributed by atoms with E-state index in [2.05, 4.69) is 11.4 Å². The smallest absolute Gasteiger partial charge is 0.408 e. The van der Waals surface area contributed by atoms with E-state index in [1.165, 1.54) is 0 Å². The summed E-state index contributed by atoms with van der Waals surface area (Å²) in [7, 11) is 0. The van der Waals surface area contributed by atoms with Crippen molar-refractivity contribution in [2.24, 2.45) is 5.73 Å². The topological polar surface area (TPSA) is 64.3 Å². The Balaban J connectivity index is 2.17. The third kappa shape index (κ3) is 4.20. The van der Waals surface area contributed by atoms with Gasteiger partial charge in [0.15, 0.2) is 0 Å². The van der Waals surface area contributed by atoms with Crippen LogP contribution < -0.4 is 11.1 Å². The maximum Gasteiger partial charge on any atom is 0.408 e. The van der Waals surface area contributed by atoms with Crippen LogP contribution in [0.4, 0.5) is 4.79 Å². The number of fused-ring (bicyclic) bond motifs is 1. The van der Waals surface area contributed by atoms with Gasteiger partial charge in [0.2, 0.25) is 0 Å². The number of hydrogen-bond acceptors (Lipinski definition) is 3. The Bertz CT molecular complexity index is 632. The number of ether oxygens (including phenoxy) is 1. The summed E-state index contributed by atoms with van der Waals surface area (Å²) in [4.78, 5) is 11.9. The van der Waals surface area contributed by atoms with Gasteiger partial charge in [0.05, 0.1) is 6.04 Å². The van der Waals surface area contributed by atoms with Crippen LogP contribution in [0.25, 0.3) is 10.8 Å². The second-order valence-corrected chi connectivity index (χ2v) is 6.04. The zero-order valence-corrected chi connectivity index (χ0v) is 12.7. The second kappa shape index (κ2) is 6.14. The molecule has 2 aromatic carbocycles. The number of rotatable bonds is 3. The molecule has 112 valence electrons. The van der Waals surface area contributed by atoms with E-state index >= 15 is 0 Å². The fraction of sp³-hybridized carbons (Fsp3) is 0.353. The quantitative estimate of drug-likeness (QED) is 0.909. The highest BCUT2D eigenvalue weighted by molar-refractivity contribution is 5.83. The SMILES string of the molecule is CC(C)(C)OC(=O)N[C@@H](CN)c1ccc2ccccc2c1. The maximum atomic E-state index is 11.9. The predicted molar refractivity (Wildman–Crippen MR) is 85.1 cm³/mol. The van der Waals surface area contributed by atoms with E-state index in [9.17, 15) is 4.79 Å². The van der Waals surface area contributed by atoms with Crippen molar-refractivity contribution in [2.75, 3.05) is 6.54 Å². The standard InChI is InChI=1S/C17H22N2O2/c1-17(2,3)21-16(20)19-15(11-18)14-9-8-12-6-4-5-7-13(12)10-14/h4-10,15H,11,18H2,1-3H3,(H,19,20)/t15-/m0/s1. The molecule has 21 heavy (non-hydrogen) atoms. The van der Waals surface area contributed by atoms with Crippen molar-refractivity contribution >= 4 is 16.9 Å². The van der Waals surface area contributed by atoms with Crippen LogP contribution in [-0.4, -0.2) is 18.2 Å². The van der Waals surface area contributed by atoms with Crippen molar-refractivity contribution in [3.05, 3.63) is 48.0 Å². The fourth-order valence-corrected chi connectivity index (χ4v) is 2.15. The first-order valence-electron chi connectivity index (χ1n) is 7.07. The summed E-state index contributed by atoms with van der Waals surface area (Å²) in [6, 6.07) is 13.9. The van der Waals surface area contributed by atoms with Crippen LogP contribution in [0.5, 0.6) is 0 Å². The van der Waals surface area contributed by atoms with Gasteiger partial charge in [-0.1, -0.05) is 36.4 Å². The number of amides is 1. The van der Waals surface area contributed by atoms with Crippen molar-refractivity contribution < 1.29 is 9.53 Å². The third-order valence-electron chi connectivity index (χ3n) is 3.10. The predicted octanol–water partition coefficient (Wildman–Crippen LogP) is 3.36. The van der Waals surface area contributed by atoms with Crippen LogP contribution >= 0.6 is 0 Å². The van der Waals surface area contributed by atoms with Gasteiger partial charge in [-0.25, -0.2) is 4.79 Å². The van der Waals surface area contributed by atoms with Crippen molar-refractivity contribution in [1.29, 1.82) is 0 Å². The van der Waals surface area contributed by atoms with Crippen molar-refractivity contribution in [2.45, 2.75) is 32.4 Å². The van der Waals surface area contributed by atoms with Crippen molar-refractivity contribution in [1.82, 2.24) is 5.32 Å². The van der Waals surface area contributed by atoms with E-state index < -0.39 is 11.7 Å². The molecule has 0 heterocycles. The minimum atomic E-state index is -0.521. The zero-order chi connectivity index (χ0) is 15.5. The molecule has 0 bridgehead atoms. The molecule has 4 nitrogen and oxygen atoms in total. The first kappa shape index (κ1) is 15.3. The van der Waals surface area contributed by atoms with Gasteiger partial charge in [0.25, 0.3) is 0 Å². The fourth-order valence-electron chi connectivity index (χ4n) is 2.15. The van der Waals surface area contributed by atoms with Gasteiger partial charge in [-0.3, -0.25) is 0 Å². The number of benzene rings is 2. The van der Waals surface area contributed by atoms with Crippen LogP contribution in [0.3, 0.4) is 0 Å². The first-order chi connectivity index (χ1) is 9.89. The Kier molecular flexibility index (Phi) is 4.48. The van der Waals surface area contributed by atoms with Gasteiger partial charge in [-0.05, 0) is 43.2 Å². The Morgan fingerprint density at radius 2 is 1.86 bits per heavy atom. The van der Waals surface area contributed by atoms with Crippen molar-refractivity contribution in [3.8, 4) is 0 Å². The lowest BCUT2D eigenvalue weighted by Gasteiger charge is -2.23. The molecule has 0 fully saturated rings. The Morgan fingerprint density at radius 3 is 2.48 bits per heavy atom. The van der Waals surface area contributed by atoms with Gasteiger partial charge in [-0.15, -0.1) is 0 Å². The Morgan fingerprint density at radius 1 is 1.19 bits per heavy atom. The molecule has 4 heteroatoms. The first-order valence-corrected chi connectivity index (χ1v) is 7.07. The molecule has 0 saturated carbocycles. The molecule has 0 aromatic heterocycles. The number of carbonyl (C=O) groups excluding carboxylic acids is 1. The van der Waals surface area contributed by atoms with Gasteiger partial charge in [0.1, 0.15) is 5.60 Å². The molecular weight excluding hydrogens is 264 g/mol. The molecule has 0 saturated heterocycles. The molecule has 0 aliphatic rings. The van der Waals surface area contributed by atoms with E-state index in [1.54, 1.807) is 0 Å². The summed E-state index contributed by atoms with van der Waals surface area (Å²) in [5, 5.41) is 5.10. The van der Waals surface area contributed by atoms with Crippen LogP contribution in [0.15, 0.2) is 42.5 Å². The van der Waals surface area contributed by atoms with Gasteiger partial charge in [-0.2, -0.15) is 0 Å². The minimum absolute atomic E-state index is 0.260. The summed E-state index contributed by atoms with van der Waals surface area (Å²) in [5.41, 5.74) is 6.24. The summed E-state index contributed by atoms with van der Waals surface area (Å²) in [6.45, 7) is 5.82. The summed E-state index contributed by atoms with van der Waals surface area (Å²) >= 11 is 0. The Hall–Kier alpha value is -2.07. The summed E-state index contributed by atoms with van der Waals surface area (Å²) in [5.74, 6) is 0. The average Bonchev–Trinajstić information content (AvgIpc) is 2.42. The second-order valence-electron chi connectivity index (χ2n) is 6.04. The van der Waals surface area contributed by atoms with Crippen molar-refractivity contribution in [3.63, 3.8) is 0 Å². The van der Waals surface area contributed by atoms with Gasteiger partial charge < -0.3 is 15.8 Å². The molecular formula is C17H22N2O2. The van der Waals surface area contributed by atoms with Gasteiger partial charge >= 0.3 is 6.09 Å². The highest BCUT2D eigenvalue weighted by Gasteiger charge is 2.19. The monoisotopic (exact) mass is 286 g/mol. The summed E-state index contributed by atoms with van der Waals surface area (Å²) in [6.07, 6.45) is -0.453. The van der Waals surface area contributed by atoms with E-state index in [0.717, 1.165) is 16.3 Å². The molecule has 0 spiro atoms. The molecule has 0 radical (unpaired) electrons. The van der Waals surface area contributed by atoms with Crippen LogP contribution in [0.1, 0.15) is 32.4 Å².